The van der Waals surface area contributed by atoms with Crippen LogP contribution in [-0.2, 0) is 29.1 Å². The summed E-state index contributed by atoms with van der Waals surface area (Å²) in [5.74, 6) is -3.45. The second-order valence-corrected chi connectivity index (χ2v) is 5.03. The van der Waals surface area contributed by atoms with Gasteiger partial charge in [0.25, 0.3) is 0 Å². The molecule has 14 nitrogen and oxygen atoms in total. The van der Waals surface area contributed by atoms with Crippen LogP contribution in [0.4, 0.5) is 0 Å². The average molecular weight is 458 g/mol. The molecule has 15 heteroatoms. The van der Waals surface area contributed by atoms with Gasteiger partial charge in [-0.2, -0.15) is 0 Å². The second kappa shape index (κ2) is 15.1. The fraction of sp³-hybridized carbons (Fsp3) is 0.833. The minimum Gasteiger partial charge on any atom is -0.479 e. The van der Waals surface area contributed by atoms with E-state index < -0.39 is 74.0 Å². The molecule has 0 aromatic carbocycles. The zero-order valence-electron chi connectivity index (χ0n) is 13.9. The van der Waals surface area contributed by atoms with Crippen molar-refractivity contribution in [1.29, 1.82) is 0 Å². The summed E-state index contributed by atoms with van der Waals surface area (Å²) < 4.78 is 0. The third-order valence-electron chi connectivity index (χ3n) is 3.02. The Balaban J connectivity index is -0.000000411. The molecule has 0 rings (SSSR count). The Morgan fingerprint density at radius 2 is 0.778 bits per heavy atom. The van der Waals surface area contributed by atoms with E-state index in [0.717, 1.165) is 0 Å². The first-order chi connectivity index (χ1) is 11.8. The molecule has 8 atom stereocenters. The van der Waals surface area contributed by atoms with Gasteiger partial charge in [0.15, 0.2) is 12.2 Å². The van der Waals surface area contributed by atoms with Gasteiger partial charge in [0.05, 0.1) is 13.2 Å². The van der Waals surface area contributed by atoms with E-state index in [0.29, 0.717) is 0 Å². The van der Waals surface area contributed by atoms with Crippen molar-refractivity contribution in [2.45, 2.75) is 48.8 Å². The first kappa shape index (κ1) is 30.9. The van der Waals surface area contributed by atoms with Gasteiger partial charge in [-0.3, -0.25) is 0 Å². The molecule has 0 radical (unpaired) electrons. The summed E-state index contributed by atoms with van der Waals surface area (Å²) in [5, 5.41) is 104. The first-order valence-corrected chi connectivity index (χ1v) is 6.95. The fourth-order valence-corrected chi connectivity index (χ4v) is 1.34. The van der Waals surface area contributed by atoms with E-state index in [4.69, 9.17) is 61.3 Å². The minimum atomic E-state index is -2.20. The largest absolute Gasteiger partial charge is 0.479 e. The standard InChI is InChI=1S/2C6H12O7.Zn/c2*7-1-2(8)3(9)4(10)5(11)6(12)13;/h2*2-5,7-11H,1H2,(H,12,13);/t2*2-,3+,4-,5-;/m11./s1. The van der Waals surface area contributed by atoms with Crippen LogP contribution in [0, 0.1) is 0 Å². The van der Waals surface area contributed by atoms with E-state index in [1.807, 2.05) is 0 Å². The van der Waals surface area contributed by atoms with Crippen molar-refractivity contribution in [3.8, 4) is 0 Å². The van der Waals surface area contributed by atoms with Gasteiger partial charge in [-0.1, -0.05) is 0 Å². The van der Waals surface area contributed by atoms with Crippen molar-refractivity contribution < 1.29 is 90.3 Å². The number of hydrogen-bond donors (Lipinski definition) is 12. The second-order valence-electron chi connectivity index (χ2n) is 5.03. The van der Waals surface area contributed by atoms with Crippen LogP contribution < -0.4 is 0 Å². The zero-order valence-corrected chi connectivity index (χ0v) is 16.9. The predicted octanol–water partition coefficient (Wildman–Crippen LogP) is -6.99. The summed E-state index contributed by atoms with van der Waals surface area (Å²) in [5.41, 5.74) is 0. The van der Waals surface area contributed by atoms with Crippen molar-refractivity contribution in [3.63, 3.8) is 0 Å². The molecule has 0 aliphatic carbocycles. The summed E-state index contributed by atoms with van der Waals surface area (Å²) in [6.07, 6.45) is -15.7. The van der Waals surface area contributed by atoms with E-state index in [2.05, 4.69) is 0 Å². The van der Waals surface area contributed by atoms with Gasteiger partial charge < -0.3 is 61.3 Å². The molecule has 0 spiro atoms. The molecule has 0 amide bonds. The molecule has 0 aromatic heterocycles. The third-order valence-corrected chi connectivity index (χ3v) is 3.02. The molecule has 0 aliphatic heterocycles. The maximum absolute atomic E-state index is 10.1. The number of aliphatic hydroxyl groups excluding tert-OH is 10. The van der Waals surface area contributed by atoms with Crippen molar-refractivity contribution in [2.24, 2.45) is 0 Å². The Kier molecular flexibility index (Phi) is 17.3. The van der Waals surface area contributed by atoms with Crippen molar-refractivity contribution in [3.05, 3.63) is 0 Å². The van der Waals surface area contributed by atoms with Crippen molar-refractivity contribution in [2.75, 3.05) is 13.2 Å². The van der Waals surface area contributed by atoms with Gasteiger partial charge in [-0.05, 0) is 0 Å². The molecule has 0 bridgehead atoms. The number of hydrogen-bond acceptors (Lipinski definition) is 12. The third kappa shape index (κ3) is 10.9. The number of rotatable bonds is 10. The maximum Gasteiger partial charge on any atom is 0.335 e. The Morgan fingerprint density at radius 1 is 0.556 bits per heavy atom. The van der Waals surface area contributed by atoms with E-state index in [1.165, 1.54) is 0 Å². The molecular formula is C12H24O14Zn. The van der Waals surface area contributed by atoms with Crippen LogP contribution in [0.1, 0.15) is 0 Å². The van der Waals surface area contributed by atoms with Crippen LogP contribution in [0.5, 0.6) is 0 Å². The Hall–Kier alpha value is -0.837. The van der Waals surface area contributed by atoms with Crippen LogP contribution in [-0.4, -0.2) is 135 Å². The molecule has 0 saturated carbocycles. The fourth-order valence-electron chi connectivity index (χ4n) is 1.34. The van der Waals surface area contributed by atoms with Crippen LogP contribution in [0.15, 0.2) is 0 Å². The molecule has 27 heavy (non-hydrogen) atoms. The minimum absolute atomic E-state index is 0. The summed E-state index contributed by atoms with van der Waals surface area (Å²) >= 11 is 0. The van der Waals surface area contributed by atoms with E-state index in [-0.39, 0.29) is 19.5 Å². The van der Waals surface area contributed by atoms with Crippen molar-refractivity contribution in [1.82, 2.24) is 0 Å². The van der Waals surface area contributed by atoms with E-state index in [1.54, 1.807) is 0 Å². The Labute approximate surface area is 164 Å². The number of carbonyl (C=O) groups is 2. The number of aliphatic hydroxyl groups is 10. The zero-order chi connectivity index (χ0) is 21.2. The number of aliphatic carboxylic acids is 2. The first-order valence-electron chi connectivity index (χ1n) is 6.95. The van der Waals surface area contributed by atoms with Gasteiger partial charge in [-0.15, -0.1) is 0 Å². The average Bonchev–Trinajstić information content (AvgIpc) is 2.62. The van der Waals surface area contributed by atoms with Crippen LogP contribution in [0.25, 0.3) is 0 Å². The molecule has 0 saturated heterocycles. The molecule has 12 N–H and O–H groups in total. The predicted molar refractivity (Wildman–Crippen MR) is 77.5 cm³/mol. The molecule has 158 valence electrons. The van der Waals surface area contributed by atoms with Crippen LogP contribution in [0.2, 0.25) is 0 Å². The summed E-state index contributed by atoms with van der Waals surface area (Å²) in [6.45, 7) is -1.69. The topological polar surface area (TPSA) is 277 Å². The molecule has 0 fully saturated rings. The molecule has 0 heterocycles. The van der Waals surface area contributed by atoms with E-state index in [9.17, 15) is 9.59 Å². The van der Waals surface area contributed by atoms with Gasteiger partial charge >= 0.3 is 11.9 Å². The van der Waals surface area contributed by atoms with Gasteiger partial charge in [0.1, 0.15) is 36.6 Å². The molecule has 0 aromatic rings. The summed E-state index contributed by atoms with van der Waals surface area (Å²) in [7, 11) is 0. The molecule has 0 unspecified atom stereocenters. The smallest absolute Gasteiger partial charge is 0.335 e. The van der Waals surface area contributed by atoms with Crippen LogP contribution in [0.3, 0.4) is 0 Å². The van der Waals surface area contributed by atoms with E-state index >= 15 is 0 Å². The quantitative estimate of drug-likeness (QED) is 0.136. The maximum atomic E-state index is 10.1. The van der Waals surface area contributed by atoms with Crippen LogP contribution >= 0.6 is 0 Å². The summed E-state index contributed by atoms with van der Waals surface area (Å²) in [6, 6.07) is 0. The summed E-state index contributed by atoms with van der Waals surface area (Å²) in [4.78, 5) is 20.2. The van der Waals surface area contributed by atoms with Gasteiger partial charge in [-0.25, -0.2) is 9.59 Å². The Morgan fingerprint density at radius 3 is 0.926 bits per heavy atom. The van der Waals surface area contributed by atoms with Gasteiger partial charge in [0, 0.05) is 19.5 Å². The number of carboxylic acid groups (broad SMARTS) is 2. The normalized spacial score (nSPS) is 19.6. The monoisotopic (exact) mass is 456 g/mol. The van der Waals surface area contributed by atoms with Gasteiger partial charge in [0.2, 0.25) is 0 Å². The van der Waals surface area contributed by atoms with Crippen molar-refractivity contribution >= 4 is 11.9 Å². The molecular weight excluding hydrogens is 434 g/mol. The number of carboxylic acids is 2. The SMILES string of the molecule is O=C(O)[C@H](O)[C@H](O)[C@@H](O)[C@H](O)CO.O=C(O)[C@H](O)[C@H](O)[C@@H](O)[C@H](O)CO.[Zn]. The Bertz CT molecular complexity index is 385. The molecule has 0 aliphatic rings.